The maximum atomic E-state index is 7.36. The lowest BCUT2D eigenvalue weighted by Crippen LogP contribution is -2.47. The summed E-state index contributed by atoms with van der Waals surface area (Å²) in [6.45, 7) is 4.39. The van der Waals surface area contributed by atoms with Crippen molar-refractivity contribution in [3.63, 3.8) is 0 Å². The van der Waals surface area contributed by atoms with Crippen molar-refractivity contribution in [3.05, 3.63) is 108 Å². The molecule has 0 radical (unpaired) electrons. The van der Waals surface area contributed by atoms with E-state index in [2.05, 4.69) is 105 Å². The van der Waals surface area contributed by atoms with Gasteiger partial charge in [-0.25, -0.2) is 0 Å². The number of benzene rings is 3. The van der Waals surface area contributed by atoms with Gasteiger partial charge in [-0.2, -0.15) is 0 Å². The molecule has 1 heteroatoms. The monoisotopic (exact) mass is 348 g/mol. The zero-order valence-electron chi connectivity index (χ0n) is 15.0. The minimum Gasteiger partial charge on any atom is -0.118 e. The van der Waals surface area contributed by atoms with E-state index in [1.807, 2.05) is 0 Å². The van der Waals surface area contributed by atoms with Crippen molar-refractivity contribution in [1.29, 1.82) is 0 Å². The summed E-state index contributed by atoms with van der Waals surface area (Å²) in [5.74, 6) is 0. The molecule has 3 aromatic rings. The van der Waals surface area contributed by atoms with E-state index in [9.17, 15) is 0 Å². The van der Waals surface area contributed by atoms with Crippen molar-refractivity contribution in [2.75, 3.05) is 0 Å². The smallest absolute Gasteiger partial charge is 0.0640 e. The van der Waals surface area contributed by atoms with Crippen molar-refractivity contribution < 1.29 is 0 Å². The van der Waals surface area contributed by atoms with Crippen LogP contribution >= 0.6 is 11.6 Å². The van der Waals surface area contributed by atoms with Crippen molar-refractivity contribution in [3.8, 4) is 0 Å². The average Bonchev–Trinajstić information content (AvgIpc) is 2.65. The minimum absolute atomic E-state index is 0.408. The second kappa shape index (κ2) is 7.45. The SMILES string of the molecule is CCCC(C)(Cl)C(c1ccccc1)(c1ccccc1)c1ccccc1. The van der Waals surface area contributed by atoms with Crippen LogP contribution in [-0.4, -0.2) is 4.87 Å². The first-order chi connectivity index (χ1) is 12.1. The molecule has 0 amide bonds. The Labute approximate surface area is 156 Å². The van der Waals surface area contributed by atoms with Crippen LogP contribution in [-0.2, 0) is 5.41 Å². The lowest BCUT2D eigenvalue weighted by Gasteiger charge is -2.47. The van der Waals surface area contributed by atoms with Crippen molar-refractivity contribution >= 4 is 11.6 Å². The molecule has 25 heavy (non-hydrogen) atoms. The van der Waals surface area contributed by atoms with Gasteiger partial charge in [0.2, 0.25) is 0 Å². The molecule has 0 fully saturated rings. The van der Waals surface area contributed by atoms with Crippen LogP contribution in [0.25, 0.3) is 0 Å². The molecule has 0 spiro atoms. The molecule has 0 heterocycles. The highest BCUT2D eigenvalue weighted by molar-refractivity contribution is 6.25. The Morgan fingerprint density at radius 2 is 0.960 bits per heavy atom. The number of hydrogen-bond acceptors (Lipinski definition) is 0. The van der Waals surface area contributed by atoms with E-state index in [0.717, 1.165) is 12.8 Å². The van der Waals surface area contributed by atoms with Crippen LogP contribution in [0.4, 0.5) is 0 Å². The predicted octanol–water partition coefficient (Wildman–Crippen LogP) is 6.82. The Hall–Kier alpha value is -2.05. The highest BCUT2D eigenvalue weighted by atomic mass is 35.5. The van der Waals surface area contributed by atoms with E-state index in [1.54, 1.807) is 0 Å². The van der Waals surface area contributed by atoms with Crippen LogP contribution in [0.3, 0.4) is 0 Å². The van der Waals surface area contributed by atoms with E-state index in [1.165, 1.54) is 16.7 Å². The highest BCUT2D eigenvalue weighted by Gasteiger charge is 2.50. The Bertz CT molecular complexity index is 679. The van der Waals surface area contributed by atoms with Crippen molar-refractivity contribution in [1.82, 2.24) is 0 Å². The van der Waals surface area contributed by atoms with E-state index in [4.69, 9.17) is 11.6 Å². The predicted molar refractivity (Wildman–Crippen MR) is 108 cm³/mol. The largest absolute Gasteiger partial charge is 0.118 e. The molecule has 0 saturated heterocycles. The van der Waals surface area contributed by atoms with Crippen LogP contribution in [0.1, 0.15) is 43.4 Å². The summed E-state index contributed by atoms with van der Waals surface area (Å²) in [5.41, 5.74) is 3.30. The third-order valence-electron chi connectivity index (χ3n) is 5.12. The van der Waals surface area contributed by atoms with Gasteiger partial charge < -0.3 is 0 Å². The van der Waals surface area contributed by atoms with Crippen LogP contribution in [0.2, 0.25) is 0 Å². The van der Waals surface area contributed by atoms with Gasteiger partial charge in [-0.15, -0.1) is 11.6 Å². The summed E-state index contributed by atoms with van der Waals surface area (Å²) in [4.78, 5) is -0.453. The molecular weight excluding hydrogens is 324 g/mol. The maximum Gasteiger partial charge on any atom is 0.0640 e. The highest BCUT2D eigenvalue weighted by Crippen LogP contribution is 2.52. The molecule has 128 valence electrons. The molecule has 1 atom stereocenters. The number of halogens is 1. The zero-order chi connectivity index (χ0) is 17.8. The van der Waals surface area contributed by atoms with Crippen LogP contribution in [0.15, 0.2) is 91.0 Å². The fourth-order valence-corrected chi connectivity index (χ4v) is 4.64. The van der Waals surface area contributed by atoms with Crippen LogP contribution in [0, 0.1) is 0 Å². The van der Waals surface area contributed by atoms with E-state index in [-0.39, 0.29) is 0 Å². The summed E-state index contributed by atoms with van der Waals surface area (Å²) in [7, 11) is 0. The molecule has 3 aromatic carbocycles. The summed E-state index contributed by atoms with van der Waals surface area (Å²) in [6.07, 6.45) is 1.96. The van der Waals surface area contributed by atoms with Crippen molar-refractivity contribution in [2.45, 2.75) is 37.0 Å². The zero-order valence-corrected chi connectivity index (χ0v) is 15.7. The quantitative estimate of drug-likeness (QED) is 0.338. The second-order valence-corrected chi connectivity index (χ2v) is 7.63. The first-order valence-corrected chi connectivity index (χ1v) is 9.36. The molecule has 0 aliphatic carbocycles. The Morgan fingerprint density at radius 3 is 1.24 bits per heavy atom. The van der Waals surface area contributed by atoms with E-state index < -0.39 is 10.3 Å². The van der Waals surface area contributed by atoms with Gasteiger partial charge in [-0.3, -0.25) is 0 Å². The van der Waals surface area contributed by atoms with Crippen molar-refractivity contribution in [2.24, 2.45) is 0 Å². The molecule has 0 N–H and O–H groups in total. The molecule has 0 saturated carbocycles. The van der Waals surface area contributed by atoms with Gasteiger partial charge in [-0.1, -0.05) is 104 Å². The third-order valence-corrected chi connectivity index (χ3v) is 5.59. The standard InChI is InChI=1S/C24H25Cl/c1-3-19-23(2,25)24(20-13-7-4-8-14-20,21-15-9-5-10-16-21)22-17-11-6-12-18-22/h4-18H,3,19H2,1-2H3. The third kappa shape index (κ3) is 3.12. The molecule has 0 aliphatic heterocycles. The second-order valence-electron chi connectivity index (χ2n) is 6.80. The van der Waals surface area contributed by atoms with E-state index >= 15 is 0 Å². The average molecular weight is 349 g/mol. The molecule has 0 bridgehead atoms. The topological polar surface area (TPSA) is 0 Å². The Balaban J connectivity index is 2.40. The number of alkyl halides is 1. The van der Waals surface area contributed by atoms with Gasteiger partial charge >= 0.3 is 0 Å². The minimum atomic E-state index is -0.453. The van der Waals surface area contributed by atoms with Gasteiger partial charge in [0, 0.05) is 0 Å². The molecule has 1 unspecified atom stereocenters. The van der Waals surface area contributed by atoms with Crippen LogP contribution in [0.5, 0.6) is 0 Å². The molecule has 0 aromatic heterocycles. The number of hydrogen-bond donors (Lipinski definition) is 0. The first-order valence-electron chi connectivity index (χ1n) is 8.98. The van der Waals surface area contributed by atoms with Gasteiger partial charge in [0.25, 0.3) is 0 Å². The van der Waals surface area contributed by atoms with Gasteiger partial charge in [0.1, 0.15) is 0 Å². The Morgan fingerprint density at radius 1 is 0.640 bits per heavy atom. The lowest BCUT2D eigenvalue weighted by atomic mass is 9.60. The van der Waals surface area contributed by atoms with Crippen LogP contribution < -0.4 is 0 Å². The van der Waals surface area contributed by atoms with Gasteiger partial charge in [0.15, 0.2) is 0 Å². The van der Waals surface area contributed by atoms with Gasteiger partial charge in [0.05, 0.1) is 10.3 Å². The number of rotatable bonds is 6. The maximum absolute atomic E-state index is 7.36. The molecule has 3 rings (SSSR count). The lowest BCUT2D eigenvalue weighted by molar-refractivity contribution is 0.409. The summed E-state index contributed by atoms with van der Waals surface area (Å²) in [6, 6.07) is 32.1. The summed E-state index contributed by atoms with van der Waals surface area (Å²) in [5, 5.41) is 0. The summed E-state index contributed by atoms with van der Waals surface area (Å²) >= 11 is 7.36. The molecular formula is C24H25Cl. The van der Waals surface area contributed by atoms with E-state index in [0.29, 0.717) is 0 Å². The fraction of sp³-hybridized carbons (Fsp3) is 0.250. The Kier molecular flexibility index (Phi) is 5.30. The molecule has 0 aliphatic rings. The first kappa shape index (κ1) is 17.8. The normalized spacial score (nSPS) is 14.0. The summed E-state index contributed by atoms with van der Waals surface area (Å²) < 4.78 is 0. The molecule has 0 nitrogen and oxygen atoms in total. The fourth-order valence-electron chi connectivity index (χ4n) is 4.12. The van der Waals surface area contributed by atoms with Gasteiger partial charge in [-0.05, 0) is 30.0 Å².